The first-order valence-corrected chi connectivity index (χ1v) is 9.58. The predicted molar refractivity (Wildman–Crippen MR) is 120 cm³/mol. The summed E-state index contributed by atoms with van der Waals surface area (Å²) in [5.74, 6) is 0.524. The number of benzene rings is 1. The molecule has 30 heavy (non-hydrogen) atoms. The Hall–Kier alpha value is -3.43. The first kappa shape index (κ1) is 21.3. The van der Waals surface area contributed by atoms with Gasteiger partial charge >= 0.3 is 0 Å². The van der Waals surface area contributed by atoms with Crippen molar-refractivity contribution in [2.75, 3.05) is 36.6 Å². The van der Waals surface area contributed by atoms with Crippen molar-refractivity contribution >= 4 is 46.3 Å². The first-order valence-electron chi connectivity index (χ1n) is 9.20. The van der Waals surface area contributed by atoms with Gasteiger partial charge in [0.05, 0.1) is 24.6 Å². The standard InChI is InChI=1S/C20H23ClN8O/c1-4-18(30)24-14-6-5-7-15(10-14)25-19-17(21)12-22-20(27-19)26-16-11-23-29(13-16)9-8-28(2)3/h4-7,10-13H,1,8-9H2,2-3H3,(H,24,30)(H2,22,25,26,27). The molecule has 0 saturated heterocycles. The lowest BCUT2D eigenvalue weighted by Gasteiger charge is -2.11. The maximum atomic E-state index is 11.5. The van der Waals surface area contributed by atoms with Gasteiger partial charge in [-0.05, 0) is 38.4 Å². The molecule has 0 spiro atoms. The molecule has 9 nitrogen and oxygen atoms in total. The molecule has 10 heteroatoms. The largest absolute Gasteiger partial charge is 0.339 e. The second-order valence-corrected chi connectivity index (χ2v) is 7.12. The molecule has 0 bridgehead atoms. The molecule has 0 saturated carbocycles. The zero-order chi connectivity index (χ0) is 21.5. The van der Waals surface area contributed by atoms with Gasteiger partial charge < -0.3 is 20.9 Å². The van der Waals surface area contributed by atoms with Crippen LogP contribution >= 0.6 is 11.6 Å². The van der Waals surface area contributed by atoms with Crippen molar-refractivity contribution in [3.63, 3.8) is 0 Å². The van der Waals surface area contributed by atoms with Crippen molar-refractivity contribution in [3.05, 3.63) is 60.5 Å². The van der Waals surface area contributed by atoms with Gasteiger partial charge in [0.15, 0.2) is 5.82 Å². The average Bonchev–Trinajstić information content (AvgIpc) is 3.16. The van der Waals surface area contributed by atoms with Crippen molar-refractivity contribution in [3.8, 4) is 0 Å². The topological polar surface area (TPSA) is 100 Å². The summed E-state index contributed by atoms with van der Waals surface area (Å²) in [5.41, 5.74) is 2.11. The number of hydrogen-bond donors (Lipinski definition) is 3. The maximum Gasteiger partial charge on any atom is 0.247 e. The Morgan fingerprint density at radius 3 is 2.80 bits per heavy atom. The Morgan fingerprint density at radius 2 is 2.03 bits per heavy atom. The minimum atomic E-state index is -0.287. The quantitative estimate of drug-likeness (QED) is 0.450. The molecule has 0 fully saturated rings. The Labute approximate surface area is 179 Å². The molecule has 3 rings (SSSR count). The second-order valence-electron chi connectivity index (χ2n) is 6.71. The molecule has 0 atom stereocenters. The number of aromatic nitrogens is 4. The van der Waals surface area contributed by atoms with Crippen LogP contribution in [0.2, 0.25) is 5.02 Å². The number of amides is 1. The molecule has 0 aliphatic heterocycles. The third kappa shape index (κ3) is 6.03. The van der Waals surface area contributed by atoms with Crippen LogP contribution in [0.5, 0.6) is 0 Å². The van der Waals surface area contributed by atoms with E-state index in [1.165, 1.54) is 12.3 Å². The van der Waals surface area contributed by atoms with Gasteiger partial charge in [0.25, 0.3) is 0 Å². The van der Waals surface area contributed by atoms with Crippen molar-refractivity contribution in [1.82, 2.24) is 24.6 Å². The normalized spacial score (nSPS) is 10.7. The molecule has 2 aromatic heterocycles. The summed E-state index contributed by atoms with van der Waals surface area (Å²) in [6.07, 6.45) is 6.33. The lowest BCUT2D eigenvalue weighted by Crippen LogP contribution is -2.18. The van der Waals surface area contributed by atoms with Gasteiger partial charge in [-0.2, -0.15) is 10.1 Å². The number of nitrogens with zero attached hydrogens (tertiary/aromatic N) is 5. The highest BCUT2D eigenvalue weighted by Gasteiger charge is 2.08. The fourth-order valence-electron chi connectivity index (χ4n) is 2.50. The highest BCUT2D eigenvalue weighted by atomic mass is 35.5. The van der Waals surface area contributed by atoms with Crippen molar-refractivity contribution < 1.29 is 4.79 Å². The highest BCUT2D eigenvalue weighted by Crippen LogP contribution is 2.26. The van der Waals surface area contributed by atoms with Crippen LogP contribution in [-0.2, 0) is 11.3 Å². The molecule has 0 radical (unpaired) electrons. The Morgan fingerprint density at radius 1 is 1.23 bits per heavy atom. The van der Waals surface area contributed by atoms with Crippen LogP contribution in [0.15, 0.2) is 55.5 Å². The molecule has 156 valence electrons. The van der Waals surface area contributed by atoms with E-state index < -0.39 is 0 Å². The van der Waals surface area contributed by atoms with Crippen molar-refractivity contribution in [2.24, 2.45) is 0 Å². The number of nitrogens with one attached hydrogen (secondary N) is 3. The van der Waals surface area contributed by atoms with E-state index in [1.807, 2.05) is 31.0 Å². The Kier molecular flexibility index (Phi) is 6.99. The summed E-state index contributed by atoms with van der Waals surface area (Å²) in [6.45, 7) is 5.11. The summed E-state index contributed by atoms with van der Waals surface area (Å²) in [6, 6.07) is 7.18. The van der Waals surface area contributed by atoms with E-state index >= 15 is 0 Å². The predicted octanol–water partition coefficient (Wildman–Crippen LogP) is 3.50. The number of carbonyl (C=O) groups is 1. The average molecular weight is 427 g/mol. The van der Waals surface area contributed by atoms with Crippen LogP contribution in [-0.4, -0.2) is 51.2 Å². The third-order valence-corrected chi connectivity index (χ3v) is 4.26. The van der Waals surface area contributed by atoms with E-state index in [0.29, 0.717) is 28.2 Å². The molecule has 1 amide bonds. The molecular formula is C20H23ClN8O. The maximum absolute atomic E-state index is 11.5. The highest BCUT2D eigenvalue weighted by molar-refractivity contribution is 6.32. The molecule has 3 aromatic rings. The summed E-state index contributed by atoms with van der Waals surface area (Å²) >= 11 is 6.25. The molecule has 1 aromatic carbocycles. The minimum absolute atomic E-state index is 0.287. The van der Waals surface area contributed by atoms with Gasteiger partial charge in [0.2, 0.25) is 11.9 Å². The van der Waals surface area contributed by atoms with Gasteiger partial charge in [-0.1, -0.05) is 24.2 Å². The molecule has 3 N–H and O–H groups in total. The van der Waals surface area contributed by atoms with E-state index in [4.69, 9.17) is 11.6 Å². The van der Waals surface area contributed by atoms with Gasteiger partial charge in [0.1, 0.15) is 5.02 Å². The van der Waals surface area contributed by atoms with Gasteiger partial charge in [-0.25, -0.2) is 4.98 Å². The van der Waals surface area contributed by atoms with E-state index in [2.05, 4.69) is 42.5 Å². The molecular weight excluding hydrogens is 404 g/mol. The Bertz CT molecular complexity index is 1030. The number of halogens is 1. The van der Waals surface area contributed by atoms with Crippen molar-refractivity contribution in [2.45, 2.75) is 6.54 Å². The molecule has 0 aliphatic carbocycles. The minimum Gasteiger partial charge on any atom is -0.339 e. The number of likely N-dealkylation sites (N-methyl/N-ethyl adjacent to an activating group) is 1. The molecule has 0 unspecified atom stereocenters. The molecule has 2 heterocycles. The fourth-order valence-corrected chi connectivity index (χ4v) is 2.64. The summed E-state index contributed by atoms with van der Waals surface area (Å²) in [7, 11) is 4.03. The smallest absolute Gasteiger partial charge is 0.247 e. The number of rotatable bonds is 9. The first-order chi connectivity index (χ1) is 14.4. The van der Waals surface area contributed by atoms with Crippen molar-refractivity contribution in [1.29, 1.82) is 0 Å². The van der Waals surface area contributed by atoms with Gasteiger partial charge in [-0.3, -0.25) is 9.48 Å². The fraction of sp³-hybridized carbons (Fsp3) is 0.200. The van der Waals surface area contributed by atoms with Crippen LogP contribution in [0.1, 0.15) is 0 Å². The zero-order valence-electron chi connectivity index (χ0n) is 16.8. The summed E-state index contributed by atoms with van der Waals surface area (Å²) in [5, 5.41) is 13.7. The van der Waals surface area contributed by atoms with E-state index in [9.17, 15) is 4.79 Å². The Balaban J connectivity index is 1.70. The molecule has 0 aliphatic rings. The van der Waals surface area contributed by atoms with E-state index in [0.717, 1.165) is 18.8 Å². The number of hydrogen-bond acceptors (Lipinski definition) is 7. The van der Waals surface area contributed by atoms with Crippen LogP contribution < -0.4 is 16.0 Å². The summed E-state index contributed by atoms with van der Waals surface area (Å²) < 4.78 is 1.85. The van der Waals surface area contributed by atoms with E-state index in [-0.39, 0.29) is 5.91 Å². The van der Waals surface area contributed by atoms with Crippen LogP contribution in [0, 0.1) is 0 Å². The summed E-state index contributed by atoms with van der Waals surface area (Å²) in [4.78, 5) is 22.2. The third-order valence-electron chi connectivity index (χ3n) is 3.99. The number of carbonyl (C=O) groups excluding carboxylic acids is 1. The number of anilines is 5. The van der Waals surface area contributed by atoms with Gasteiger partial charge in [0, 0.05) is 24.1 Å². The van der Waals surface area contributed by atoms with Crippen LogP contribution in [0.3, 0.4) is 0 Å². The van der Waals surface area contributed by atoms with Crippen LogP contribution in [0.4, 0.5) is 28.8 Å². The SMILES string of the molecule is C=CC(=O)Nc1cccc(Nc2nc(Nc3cnn(CCN(C)C)c3)ncc2Cl)c1. The lowest BCUT2D eigenvalue weighted by molar-refractivity contribution is -0.111. The zero-order valence-corrected chi connectivity index (χ0v) is 17.5. The monoisotopic (exact) mass is 426 g/mol. The second kappa shape index (κ2) is 9.86. The van der Waals surface area contributed by atoms with Gasteiger partial charge in [-0.15, -0.1) is 0 Å². The lowest BCUT2D eigenvalue weighted by atomic mass is 10.2. The van der Waals surface area contributed by atoms with E-state index in [1.54, 1.807) is 24.4 Å². The van der Waals surface area contributed by atoms with Crippen LogP contribution in [0.25, 0.3) is 0 Å².